The molecule has 0 spiro atoms. The zero-order chi connectivity index (χ0) is 19.5. The molecule has 2 N–H and O–H groups in total. The molecule has 0 bridgehead atoms. The molecule has 7 heteroatoms. The third kappa shape index (κ3) is 3.65. The van der Waals surface area contributed by atoms with Gasteiger partial charge in [-0.1, -0.05) is 13.0 Å². The maximum absolute atomic E-state index is 11.6. The summed E-state index contributed by atoms with van der Waals surface area (Å²) in [6.07, 6.45) is 2.00. The van der Waals surface area contributed by atoms with Crippen LogP contribution in [0.15, 0.2) is 63.9 Å². The second-order valence-corrected chi connectivity index (χ2v) is 6.32. The Kier molecular flexibility index (Phi) is 4.90. The van der Waals surface area contributed by atoms with Crippen LogP contribution in [0.25, 0.3) is 22.6 Å². The Morgan fingerprint density at radius 3 is 2.89 bits per heavy atom. The van der Waals surface area contributed by atoms with E-state index in [4.69, 9.17) is 9.15 Å². The number of phenolic OH excluding ortho intramolecular Hbond substituents is 1. The predicted molar refractivity (Wildman–Crippen MR) is 104 cm³/mol. The molecule has 0 fully saturated rings. The first kappa shape index (κ1) is 17.9. The number of fused-ring (bicyclic) bond motifs is 2. The number of nitrogens with one attached hydrogen (secondary N) is 1. The minimum Gasteiger partial charge on any atom is -0.504 e. The van der Waals surface area contributed by atoms with Crippen molar-refractivity contribution in [1.82, 2.24) is 15.3 Å². The summed E-state index contributed by atoms with van der Waals surface area (Å²) in [5, 5.41) is 13.6. The van der Waals surface area contributed by atoms with Crippen LogP contribution in [0.5, 0.6) is 11.5 Å². The average Bonchev–Trinajstić information content (AvgIpc) is 2.72. The van der Waals surface area contributed by atoms with Crippen molar-refractivity contribution < 1.29 is 14.3 Å². The Hall–Kier alpha value is -3.45. The number of pyridine rings is 1. The number of aromatic hydroxyl groups is 1. The predicted octanol–water partition coefficient (Wildman–Crippen LogP) is 3.30. The van der Waals surface area contributed by atoms with Crippen LogP contribution in [0, 0.1) is 0 Å². The van der Waals surface area contributed by atoms with E-state index in [1.165, 1.54) is 18.2 Å². The maximum atomic E-state index is 11.6. The van der Waals surface area contributed by atoms with E-state index < -0.39 is 0 Å². The Morgan fingerprint density at radius 1 is 1.21 bits per heavy atom. The molecule has 1 aromatic carbocycles. The first-order valence-corrected chi connectivity index (χ1v) is 9.00. The van der Waals surface area contributed by atoms with E-state index in [-0.39, 0.29) is 28.7 Å². The van der Waals surface area contributed by atoms with Crippen molar-refractivity contribution in [3.63, 3.8) is 0 Å². The van der Waals surface area contributed by atoms with Crippen LogP contribution >= 0.6 is 0 Å². The van der Waals surface area contributed by atoms with E-state index in [2.05, 4.69) is 15.3 Å². The Bertz CT molecular complexity index is 1130. The molecule has 1 aromatic heterocycles. The molecule has 0 amide bonds. The van der Waals surface area contributed by atoms with Gasteiger partial charge < -0.3 is 14.3 Å². The number of benzene rings is 2. The molecule has 28 heavy (non-hydrogen) atoms. The van der Waals surface area contributed by atoms with Crippen LogP contribution in [0.3, 0.4) is 0 Å². The summed E-state index contributed by atoms with van der Waals surface area (Å²) in [5.74, 6) is 0.460. The molecule has 2 aromatic rings. The monoisotopic (exact) mass is 377 g/mol. The Labute approximate surface area is 161 Å². The summed E-state index contributed by atoms with van der Waals surface area (Å²) in [4.78, 5) is 20.4. The van der Waals surface area contributed by atoms with Gasteiger partial charge in [0.05, 0.1) is 5.69 Å². The molecule has 1 atom stereocenters. The van der Waals surface area contributed by atoms with E-state index in [0.29, 0.717) is 29.9 Å². The van der Waals surface area contributed by atoms with Crippen molar-refractivity contribution in [3.05, 3.63) is 70.6 Å². The average molecular weight is 377 g/mol. The number of nitrogens with zero attached hydrogens (tertiary/aromatic N) is 2. The summed E-state index contributed by atoms with van der Waals surface area (Å²) in [7, 11) is 0. The number of phenols is 1. The largest absolute Gasteiger partial charge is 0.504 e. The standard InChI is InChI=1S/C21H19N3O4/c1-2-19(23-12-13-5-3-4-10-22-13)28-21-17(26)9-8-16-20(21)27-18-11-14(25)6-7-15(18)24-16/h3-11,19,23,26H,2,12H2,1H3. The van der Waals surface area contributed by atoms with E-state index in [1.807, 2.05) is 25.1 Å². The van der Waals surface area contributed by atoms with Crippen molar-refractivity contribution in [3.8, 4) is 23.0 Å². The van der Waals surface area contributed by atoms with Gasteiger partial charge in [-0.3, -0.25) is 15.1 Å². The van der Waals surface area contributed by atoms with Gasteiger partial charge in [0.15, 0.2) is 28.7 Å². The highest BCUT2D eigenvalue weighted by atomic mass is 16.5. The highest BCUT2D eigenvalue weighted by Crippen LogP contribution is 2.37. The third-order valence-electron chi connectivity index (χ3n) is 4.32. The normalized spacial score (nSPS) is 12.3. The molecule has 7 nitrogen and oxygen atoms in total. The number of ether oxygens (including phenoxy) is 1. The SMILES string of the molecule is CCC(NCc1ccccn1)Oc1c(O)ccc2nc3ccc(=O)cc-3oc12. The van der Waals surface area contributed by atoms with E-state index >= 15 is 0 Å². The lowest BCUT2D eigenvalue weighted by molar-refractivity contribution is 0.152. The molecule has 4 rings (SSSR count). The van der Waals surface area contributed by atoms with Crippen molar-refractivity contribution in [2.45, 2.75) is 26.1 Å². The Balaban J connectivity index is 1.67. The van der Waals surface area contributed by atoms with Crippen molar-refractivity contribution in [2.75, 3.05) is 0 Å². The smallest absolute Gasteiger partial charge is 0.208 e. The zero-order valence-corrected chi connectivity index (χ0v) is 15.3. The summed E-state index contributed by atoms with van der Waals surface area (Å²) >= 11 is 0. The number of rotatable bonds is 6. The van der Waals surface area contributed by atoms with Crippen LogP contribution in [-0.2, 0) is 6.54 Å². The van der Waals surface area contributed by atoms with Crippen molar-refractivity contribution >= 4 is 11.1 Å². The summed E-state index contributed by atoms with van der Waals surface area (Å²) in [6.45, 7) is 2.48. The Morgan fingerprint density at radius 2 is 2.11 bits per heavy atom. The number of hydrogen-bond donors (Lipinski definition) is 2. The number of hydrogen-bond acceptors (Lipinski definition) is 7. The minimum absolute atomic E-state index is 0.0613. The first-order chi connectivity index (χ1) is 13.6. The lowest BCUT2D eigenvalue weighted by Crippen LogP contribution is -2.33. The molecule has 2 heterocycles. The molecule has 0 saturated heterocycles. The van der Waals surface area contributed by atoms with Gasteiger partial charge in [0.2, 0.25) is 5.75 Å². The van der Waals surface area contributed by atoms with Gasteiger partial charge in [-0.15, -0.1) is 0 Å². The van der Waals surface area contributed by atoms with E-state index in [0.717, 1.165) is 5.69 Å². The van der Waals surface area contributed by atoms with Gasteiger partial charge >= 0.3 is 0 Å². The molecule has 0 saturated carbocycles. The first-order valence-electron chi connectivity index (χ1n) is 9.00. The van der Waals surface area contributed by atoms with Crippen LogP contribution < -0.4 is 15.5 Å². The van der Waals surface area contributed by atoms with E-state index in [1.54, 1.807) is 18.3 Å². The molecular weight excluding hydrogens is 358 g/mol. The van der Waals surface area contributed by atoms with Crippen molar-refractivity contribution in [2.24, 2.45) is 0 Å². The molecule has 1 unspecified atom stereocenters. The topological polar surface area (TPSA) is 97.5 Å². The van der Waals surface area contributed by atoms with Gasteiger partial charge in [0.25, 0.3) is 0 Å². The fraction of sp³-hybridized carbons (Fsp3) is 0.190. The summed E-state index contributed by atoms with van der Waals surface area (Å²) in [6, 6.07) is 13.3. The van der Waals surface area contributed by atoms with Crippen molar-refractivity contribution in [1.29, 1.82) is 0 Å². The van der Waals surface area contributed by atoms with Crippen LogP contribution in [0.1, 0.15) is 19.0 Å². The zero-order valence-electron chi connectivity index (χ0n) is 15.3. The van der Waals surface area contributed by atoms with Crippen LogP contribution in [-0.4, -0.2) is 21.3 Å². The molecule has 1 aliphatic heterocycles. The lowest BCUT2D eigenvalue weighted by atomic mass is 10.2. The highest BCUT2D eigenvalue weighted by Gasteiger charge is 2.19. The fourth-order valence-corrected chi connectivity index (χ4v) is 2.88. The molecule has 142 valence electrons. The summed E-state index contributed by atoms with van der Waals surface area (Å²) < 4.78 is 11.9. The third-order valence-corrected chi connectivity index (χ3v) is 4.32. The van der Waals surface area contributed by atoms with Gasteiger partial charge in [-0.25, -0.2) is 4.98 Å². The highest BCUT2D eigenvalue weighted by molar-refractivity contribution is 5.84. The van der Waals surface area contributed by atoms with Crippen LogP contribution in [0.4, 0.5) is 0 Å². The lowest BCUT2D eigenvalue weighted by Gasteiger charge is -2.20. The maximum Gasteiger partial charge on any atom is 0.208 e. The number of aromatic nitrogens is 2. The second kappa shape index (κ2) is 7.66. The van der Waals surface area contributed by atoms with Crippen LogP contribution in [0.2, 0.25) is 0 Å². The fourth-order valence-electron chi connectivity index (χ4n) is 2.88. The van der Waals surface area contributed by atoms with Gasteiger partial charge in [-0.2, -0.15) is 0 Å². The molecular formula is C21H19N3O4. The molecule has 0 radical (unpaired) electrons. The molecule has 2 aliphatic rings. The van der Waals surface area contributed by atoms with Gasteiger partial charge in [-0.05, 0) is 42.8 Å². The summed E-state index contributed by atoms with van der Waals surface area (Å²) in [5.41, 5.74) is 2.08. The quantitative estimate of drug-likeness (QED) is 0.393. The molecule has 1 aliphatic carbocycles. The van der Waals surface area contributed by atoms with E-state index in [9.17, 15) is 9.90 Å². The second-order valence-electron chi connectivity index (χ2n) is 6.32. The van der Waals surface area contributed by atoms with Gasteiger partial charge in [0.1, 0.15) is 11.2 Å². The minimum atomic E-state index is -0.379. The van der Waals surface area contributed by atoms with Gasteiger partial charge in [0, 0.05) is 18.8 Å².